The molecule has 160 valence electrons. The normalized spacial score (nSPS) is 16.9. The van der Waals surface area contributed by atoms with Gasteiger partial charge in [-0.1, -0.05) is 41.9 Å². The smallest absolute Gasteiger partial charge is 0.259 e. The van der Waals surface area contributed by atoms with Crippen molar-refractivity contribution in [2.24, 2.45) is 0 Å². The van der Waals surface area contributed by atoms with Crippen LogP contribution in [0.25, 0.3) is 21.8 Å². The molecule has 0 spiro atoms. The SMILES string of the molecule is O=c1[nH]c2ccc(Cl)cc2c2nn(C3CCCCO3)c(CCOCc3ccccc3)c12. The van der Waals surface area contributed by atoms with Crippen LogP contribution in [-0.4, -0.2) is 28.0 Å². The van der Waals surface area contributed by atoms with Crippen LogP contribution in [0.2, 0.25) is 5.02 Å². The Labute approximate surface area is 184 Å². The fraction of sp³-hybridized carbons (Fsp3) is 0.333. The molecular formula is C24H24ClN3O3. The number of H-pyrrole nitrogens is 1. The van der Waals surface area contributed by atoms with Crippen LogP contribution in [0, 0.1) is 0 Å². The third-order valence-electron chi connectivity index (χ3n) is 5.74. The Kier molecular flexibility index (Phi) is 5.76. The zero-order chi connectivity index (χ0) is 21.2. The zero-order valence-electron chi connectivity index (χ0n) is 17.1. The van der Waals surface area contributed by atoms with E-state index < -0.39 is 0 Å². The minimum atomic E-state index is -0.168. The molecule has 3 heterocycles. The lowest BCUT2D eigenvalue weighted by Crippen LogP contribution is -2.22. The zero-order valence-corrected chi connectivity index (χ0v) is 17.9. The summed E-state index contributed by atoms with van der Waals surface area (Å²) in [5.41, 5.74) is 3.20. The van der Waals surface area contributed by atoms with Crippen LogP contribution in [0.5, 0.6) is 0 Å². The molecule has 31 heavy (non-hydrogen) atoms. The highest BCUT2D eigenvalue weighted by atomic mass is 35.5. The average molecular weight is 438 g/mol. The van der Waals surface area contributed by atoms with Crippen LogP contribution in [-0.2, 0) is 22.5 Å². The van der Waals surface area contributed by atoms with E-state index in [0.29, 0.717) is 42.2 Å². The highest BCUT2D eigenvalue weighted by molar-refractivity contribution is 6.31. The third-order valence-corrected chi connectivity index (χ3v) is 5.98. The molecular weight excluding hydrogens is 414 g/mol. The first-order chi connectivity index (χ1) is 15.2. The summed E-state index contributed by atoms with van der Waals surface area (Å²) in [7, 11) is 0. The van der Waals surface area contributed by atoms with Crippen molar-refractivity contribution in [2.75, 3.05) is 13.2 Å². The van der Waals surface area contributed by atoms with Crippen molar-refractivity contribution in [1.29, 1.82) is 0 Å². The first-order valence-electron chi connectivity index (χ1n) is 10.7. The molecule has 0 saturated carbocycles. The summed E-state index contributed by atoms with van der Waals surface area (Å²) in [6, 6.07) is 15.5. The molecule has 7 heteroatoms. The number of aromatic nitrogens is 3. The minimum absolute atomic E-state index is 0.148. The second kappa shape index (κ2) is 8.83. The molecule has 6 nitrogen and oxygen atoms in total. The van der Waals surface area contributed by atoms with Gasteiger partial charge >= 0.3 is 0 Å². The van der Waals surface area contributed by atoms with Crippen molar-refractivity contribution in [1.82, 2.24) is 14.8 Å². The summed E-state index contributed by atoms with van der Waals surface area (Å²) in [4.78, 5) is 16.0. The molecule has 1 aliphatic rings. The van der Waals surface area contributed by atoms with Gasteiger partial charge < -0.3 is 14.5 Å². The van der Waals surface area contributed by atoms with Crippen molar-refractivity contribution in [3.8, 4) is 0 Å². The maximum Gasteiger partial charge on any atom is 0.259 e. The van der Waals surface area contributed by atoms with E-state index in [1.165, 1.54) is 0 Å². The van der Waals surface area contributed by atoms with Gasteiger partial charge in [-0.25, -0.2) is 4.68 Å². The standard InChI is InChI=1S/C24H24ClN3O3/c25-17-9-10-19-18(14-17)23-22(24(29)26-19)20(28(27-23)21-8-4-5-12-31-21)11-13-30-15-16-6-2-1-3-7-16/h1-3,6-7,9-10,14,21H,4-5,8,11-13,15H2,(H,26,29). The van der Waals surface area contributed by atoms with Gasteiger partial charge in [-0.15, -0.1) is 0 Å². The summed E-state index contributed by atoms with van der Waals surface area (Å²) < 4.78 is 13.8. The highest BCUT2D eigenvalue weighted by Crippen LogP contribution is 2.30. The minimum Gasteiger partial charge on any atom is -0.376 e. The molecule has 0 radical (unpaired) electrons. The third kappa shape index (κ3) is 4.11. The summed E-state index contributed by atoms with van der Waals surface area (Å²) >= 11 is 6.24. The molecule has 1 unspecified atom stereocenters. The van der Waals surface area contributed by atoms with Gasteiger partial charge in [0.2, 0.25) is 0 Å². The summed E-state index contributed by atoms with van der Waals surface area (Å²) in [5.74, 6) is 0. The molecule has 2 aromatic heterocycles. The summed E-state index contributed by atoms with van der Waals surface area (Å²) in [5, 5.41) is 6.90. The Morgan fingerprint density at radius 2 is 2.06 bits per heavy atom. The van der Waals surface area contributed by atoms with Crippen molar-refractivity contribution in [2.45, 2.75) is 38.5 Å². The Morgan fingerprint density at radius 3 is 2.87 bits per heavy atom. The Hall–Kier alpha value is -2.67. The maximum atomic E-state index is 13.0. The Bertz CT molecular complexity index is 1260. The average Bonchev–Trinajstić information content (AvgIpc) is 3.19. The lowest BCUT2D eigenvalue weighted by Gasteiger charge is -2.24. The molecule has 5 rings (SSSR count). The van der Waals surface area contributed by atoms with E-state index >= 15 is 0 Å². The van der Waals surface area contributed by atoms with Crippen molar-refractivity contribution < 1.29 is 9.47 Å². The molecule has 0 amide bonds. The van der Waals surface area contributed by atoms with Gasteiger partial charge in [-0.05, 0) is 43.0 Å². The maximum absolute atomic E-state index is 13.0. The van der Waals surface area contributed by atoms with E-state index in [9.17, 15) is 4.79 Å². The molecule has 4 aromatic rings. The van der Waals surface area contributed by atoms with Gasteiger partial charge in [0.15, 0.2) is 6.23 Å². The van der Waals surface area contributed by atoms with Crippen LogP contribution in [0.3, 0.4) is 0 Å². The van der Waals surface area contributed by atoms with Gasteiger partial charge in [0.1, 0.15) is 5.52 Å². The molecule has 1 N–H and O–H groups in total. The van der Waals surface area contributed by atoms with Gasteiger partial charge in [0.05, 0.1) is 29.8 Å². The van der Waals surface area contributed by atoms with Crippen LogP contribution in [0.15, 0.2) is 53.3 Å². The van der Waals surface area contributed by atoms with Gasteiger partial charge in [0.25, 0.3) is 5.56 Å². The summed E-state index contributed by atoms with van der Waals surface area (Å²) in [6.45, 7) is 1.71. The van der Waals surface area contributed by atoms with E-state index in [1.54, 1.807) is 6.07 Å². The molecule has 1 saturated heterocycles. The first kappa shape index (κ1) is 20.2. The van der Waals surface area contributed by atoms with Crippen molar-refractivity contribution >= 4 is 33.4 Å². The molecule has 0 bridgehead atoms. The second-order valence-corrected chi connectivity index (χ2v) is 8.30. The number of hydrogen-bond acceptors (Lipinski definition) is 4. The molecule has 2 aromatic carbocycles. The molecule has 1 atom stereocenters. The first-order valence-corrected chi connectivity index (χ1v) is 11.0. The fourth-order valence-corrected chi connectivity index (χ4v) is 4.40. The summed E-state index contributed by atoms with van der Waals surface area (Å²) in [6.07, 6.45) is 3.40. The highest BCUT2D eigenvalue weighted by Gasteiger charge is 2.24. The Balaban J connectivity index is 1.52. The number of nitrogens with one attached hydrogen (secondary N) is 1. The van der Waals surface area contributed by atoms with Gasteiger partial charge in [-0.2, -0.15) is 5.10 Å². The van der Waals surface area contributed by atoms with E-state index in [0.717, 1.165) is 41.4 Å². The van der Waals surface area contributed by atoms with Crippen LogP contribution >= 0.6 is 11.6 Å². The number of benzene rings is 2. The monoisotopic (exact) mass is 437 g/mol. The van der Waals surface area contributed by atoms with E-state index in [1.807, 2.05) is 47.1 Å². The Morgan fingerprint density at radius 1 is 1.19 bits per heavy atom. The quantitative estimate of drug-likeness (QED) is 0.431. The predicted octanol–water partition coefficient (Wildman–Crippen LogP) is 4.99. The van der Waals surface area contributed by atoms with Crippen molar-refractivity contribution in [3.05, 3.63) is 75.2 Å². The topological polar surface area (TPSA) is 69.1 Å². The number of halogens is 1. The van der Waals surface area contributed by atoms with Crippen molar-refractivity contribution in [3.63, 3.8) is 0 Å². The van der Waals surface area contributed by atoms with Crippen LogP contribution in [0.4, 0.5) is 0 Å². The van der Waals surface area contributed by atoms with Gasteiger partial charge in [0, 0.05) is 23.4 Å². The molecule has 1 aliphatic heterocycles. The lowest BCUT2D eigenvalue weighted by atomic mass is 10.1. The fourth-order valence-electron chi connectivity index (χ4n) is 4.23. The lowest BCUT2D eigenvalue weighted by molar-refractivity contribution is -0.0411. The number of aromatic amines is 1. The number of fused-ring (bicyclic) bond motifs is 3. The molecule has 0 aliphatic carbocycles. The van der Waals surface area contributed by atoms with E-state index in [2.05, 4.69) is 4.98 Å². The largest absolute Gasteiger partial charge is 0.376 e. The number of rotatable bonds is 6. The number of ether oxygens (including phenoxy) is 2. The number of nitrogens with zero attached hydrogens (tertiary/aromatic N) is 2. The van der Waals surface area contributed by atoms with E-state index in [-0.39, 0.29) is 11.8 Å². The van der Waals surface area contributed by atoms with E-state index in [4.69, 9.17) is 26.2 Å². The van der Waals surface area contributed by atoms with Crippen LogP contribution < -0.4 is 5.56 Å². The number of hydrogen-bond donors (Lipinski definition) is 1. The predicted molar refractivity (Wildman–Crippen MR) is 122 cm³/mol. The van der Waals surface area contributed by atoms with Crippen LogP contribution in [0.1, 0.15) is 36.7 Å². The van der Waals surface area contributed by atoms with Gasteiger partial charge in [-0.3, -0.25) is 4.79 Å². The number of pyridine rings is 1. The molecule has 1 fully saturated rings. The second-order valence-electron chi connectivity index (χ2n) is 7.87.